The van der Waals surface area contributed by atoms with E-state index in [1.807, 2.05) is 12.2 Å². The minimum absolute atomic E-state index is 0.269. The van der Waals surface area contributed by atoms with E-state index in [1.165, 1.54) is 43.4 Å². The van der Waals surface area contributed by atoms with Crippen molar-refractivity contribution in [2.75, 3.05) is 11.5 Å². The second-order valence-electron chi connectivity index (χ2n) is 6.79. The van der Waals surface area contributed by atoms with Gasteiger partial charge in [0, 0.05) is 11.5 Å². The molecule has 2 unspecified atom stereocenters. The van der Waals surface area contributed by atoms with Crippen molar-refractivity contribution in [1.29, 1.82) is 0 Å². The molecule has 152 valence electrons. The number of hydrogen-bond donors (Lipinski definition) is 2. The molecule has 0 aliphatic heterocycles. The van der Waals surface area contributed by atoms with Crippen LogP contribution in [0, 0.1) is 0 Å². The molecule has 0 aromatic rings. The predicted molar refractivity (Wildman–Crippen MR) is 122 cm³/mol. The number of allylic oxidation sites excluding steroid dienone is 3. The van der Waals surface area contributed by atoms with Gasteiger partial charge in [0.2, 0.25) is 0 Å². The van der Waals surface area contributed by atoms with Crippen LogP contribution in [0.2, 0.25) is 0 Å². The van der Waals surface area contributed by atoms with Gasteiger partial charge in [0.1, 0.15) is 0 Å². The summed E-state index contributed by atoms with van der Waals surface area (Å²) in [6.07, 6.45) is 15.3. The highest BCUT2D eigenvalue weighted by Gasteiger charge is 2.07. The molecule has 4 heteroatoms. The van der Waals surface area contributed by atoms with E-state index in [2.05, 4.69) is 25.5 Å². The number of aliphatic hydroxyl groups is 2. The molecule has 0 aromatic heterocycles. The van der Waals surface area contributed by atoms with Crippen molar-refractivity contribution >= 4 is 23.5 Å². The zero-order valence-corrected chi connectivity index (χ0v) is 18.3. The largest absolute Gasteiger partial charge is 0.392 e. The van der Waals surface area contributed by atoms with Gasteiger partial charge in [-0.3, -0.25) is 0 Å². The van der Waals surface area contributed by atoms with Crippen LogP contribution in [-0.4, -0.2) is 33.9 Å². The van der Waals surface area contributed by atoms with E-state index in [4.69, 9.17) is 0 Å². The zero-order chi connectivity index (χ0) is 19.5. The van der Waals surface area contributed by atoms with E-state index in [0.717, 1.165) is 43.6 Å². The normalized spacial score (nSPS) is 14.2. The molecule has 0 saturated heterocycles. The first kappa shape index (κ1) is 25.8. The van der Waals surface area contributed by atoms with Crippen LogP contribution in [0.15, 0.2) is 35.6 Å². The van der Waals surface area contributed by atoms with Gasteiger partial charge >= 0.3 is 0 Å². The average Bonchev–Trinajstić information content (AvgIpc) is 2.64. The molecule has 2 atom stereocenters. The van der Waals surface area contributed by atoms with Crippen molar-refractivity contribution in [1.82, 2.24) is 0 Å². The summed E-state index contributed by atoms with van der Waals surface area (Å²) in [4.78, 5) is 1.35. The summed E-state index contributed by atoms with van der Waals surface area (Å²) in [7, 11) is 0. The molecular formula is C22H40O2S2. The molecule has 0 radical (unpaired) electrons. The van der Waals surface area contributed by atoms with E-state index in [0.29, 0.717) is 0 Å². The molecule has 0 aliphatic rings. The number of rotatable bonds is 19. The fourth-order valence-electron chi connectivity index (χ4n) is 2.49. The standard InChI is InChI=1S/C22H40O2S2/c1-4-7-10-11-12-13-16-22(26-18-21(24)15-9-6-3)19-25-17-20(23)14-8-5-2/h5-6,19-21,23-24H,2-4,7-18H2,1H3/b22-19-. The van der Waals surface area contributed by atoms with Crippen LogP contribution in [-0.2, 0) is 0 Å². The maximum Gasteiger partial charge on any atom is 0.0636 e. The van der Waals surface area contributed by atoms with E-state index in [1.54, 1.807) is 23.5 Å². The summed E-state index contributed by atoms with van der Waals surface area (Å²) < 4.78 is 0. The molecule has 0 heterocycles. The van der Waals surface area contributed by atoms with Gasteiger partial charge in [-0.25, -0.2) is 0 Å². The van der Waals surface area contributed by atoms with E-state index < -0.39 is 0 Å². The Morgan fingerprint density at radius 2 is 1.46 bits per heavy atom. The van der Waals surface area contributed by atoms with Crippen LogP contribution in [0.3, 0.4) is 0 Å². The third kappa shape index (κ3) is 17.3. The summed E-state index contributed by atoms with van der Waals surface area (Å²) in [5.41, 5.74) is 0. The number of hydrogen-bond acceptors (Lipinski definition) is 4. The van der Waals surface area contributed by atoms with Crippen molar-refractivity contribution in [2.24, 2.45) is 0 Å². The predicted octanol–water partition coefficient (Wildman–Crippen LogP) is 6.70. The lowest BCUT2D eigenvalue weighted by atomic mass is 10.1. The van der Waals surface area contributed by atoms with Gasteiger partial charge < -0.3 is 10.2 Å². The first-order valence-corrected chi connectivity index (χ1v) is 12.2. The molecule has 0 spiro atoms. The highest BCUT2D eigenvalue weighted by atomic mass is 32.2. The van der Waals surface area contributed by atoms with E-state index in [-0.39, 0.29) is 12.2 Å². The lowest BCUT2D eigenvalue weighted by Gasteiger charge is -2.12. The highest BCUT2D eigenvalue weighted by Crippen LogP contribution is 2.27. The molecule has 2 nitrogen and oxygen atoms in total. The first-order chi connectivity index (χ1) is 12.6. The summed E-state index contributed by atoms with van der Waals surface area (Å²) >= 11 is 3.47. The second-order valence-corrected chi connectivity index (χ2v) is 8.83. The Bertz CT molecular complexity index is 369. The Kier molecular flexibility index (Phi) is 19.5. The monoisotopic (exact) mass is 400 g/mol. The van der Waals surface area contributed by atoms with Gasteiger partial charge in [0.15, 0.2) is 0 Å². The van der Waals surface area contributed by atoms with Gasteiger partial charge in [-0.05, 0) is 48.8 Å². The fourth-order valence-corrected chi connectivity index (χ4v) is 4.61. The summed E-state index contributed by atoms with van der Waals surface area (Å²) in [6, 6.07) is 0. The molecule has 0 amide bonds. The molecule has 0 saturated carbocycles. The molecule has 0 rings (SSSR count). The third-order valence-electron chi connectivity index (χ3n) is 4.15. The number of thioether (sulfide) groups is 2. The molecule has 0 bridgehead atoms. The maximum atomic E-state index is 10.1. The minimum atomic E-state index is -0.271. The molecular weight excluding hydrogens is 360 g/mol. The Labute approximate surface area is 170 Å². The Morgan fingerprint density at radius 3 is 2.08 bits per heavy atom. The highest BCUT2D eigenvalue weighted by molar-refractivity contribution is 8.06. The molecule has 0 aromatic carbocycles. The Morgan fingerprint density at radius 1 is 0.885 bits per heavy atom. The van der Waals surface area contributed by atoms with Gasteiger partial charge in [0.25, 0.3) is 0 Å². The van der Waals surface area contributed by atoms with Crippen LogP contribution >= 0.6 is 23.5 Å². The number of unbranched alkanes of at least 4 members (excludes halogenated alkanes) is 5. The average molecular weight is 401 g/mol. The quantitative estimate of drug-likeness (QED) is 0.187. The molecule has 0 aliphatic carbocycles. The third-order valence-corrected chi connectivity index (χ3v) is 6.57. The van der Waals surface area contributed by atoms with Crippen LogP contribution in [0.25, 0.3) is 0 Å². The molecule has 0 fully saturated rings. The van der Waals surface area contributed by atoms with E-state index in [9.17, 15) is 10.2 Å². The number of aliphatic hydroxyl groups excluding tert-OH is 2. The van der Waals surface area contributed by atoms with Crippen LogP contribution in [0.5, 0.6) is 0 Å². The minimum Gasteiger partial charge on any atom is -0.392 e. The van der Waals surface area contributed by atoms with E-state index >= 15 is 0 Å². The SMILES string of the molecule is C=CCCC(O)CS/C=C(/CCCCCCCC)SCC(O)CCC=C. The summed E-state index contributed by atoms with van der Waals surface area (Å²) in [6.45, 7) is 9.66. The molecule has 2 N–H and O–H groups in total. The van der Waals surface area contributed by atoms with Crippen molar-refractivity contribution in [3.63, 3.8) is 0 Å². The van der Waals surface area contributed by atoms with Crippen LogP contribution in [0.1, 0.15) is 77.6 Å². The zero-order valence-electron chi connectivity index (χ0n) is 16.7. The smallest absolute Gasteiger partial charge is 0.0636 e. The summed E-state index contributed by atoms with van der Waals surface area (Å²) in [5.74, 6) is 1.47. The fraction of sp³-hybridized carbons (Fsp3) is 0.727. The lowest BCUT2D eigenvalue weighted by molar-refractivity contribution is 0.190. The first-order valence-electron chi connectivity index (χ1n) is 10.1. The van der Waals surface area contributed by atoms with Crippen LogP contribution < -0.4 is 0 Å². The van der Waals surface area contributed by atoms with Crippen molar-refractivity contribution < 1.29 is 10.2 Å². The maximum absolute atomic E-state index is 10.1. The topological polar surface area (TPSA) is 40.5 Å². The van der Waals surface area contributed by atoms with Crippen LogP contribution in [0.4, 0.5) is 0 Å². The van der Waals surface area contributed by atoms with Gasteiger partial charge in [-0.2, -0.15) is 0 Å². The van der Waals surface area contributed by atoms with Crippen molar-refractivity contribution in [2.45, 2.75) is 89.8 Å². The molecule has 26 heavy (non-hydrogen) atoms. The Balaban J connectivity index is 4.25. The van der Waals surface area contributed by atoms with Gasteiger partial charge in [0.05, 0.1) is 12.2 Å². The van der Waals surface area contributed by atoms with Crippen molar-refractivity contribution in [3.8, 4) is 0 Å². The Hall–Kier alpha value is -0.160. The summed E-state index contributed by atoms with van der Waals surface area (Å²) in [5, 5.41) is 22.2. The second kappa shape index (κ2) is 19.6. The lowest BCUT2D eigenvalue weighted by Crippen LogP contribution is -2.09. The van der Waals surface area contributed by atoms with Gasteiger partial charge in [-0.1, -0.05) is 51.2 Å². The van der Waals surface area contributed by atoms with Crippen molar-refractivity contribution in [3.05, 3.63) is 35.6 Å². The van der Waals surface area contributed by atoms with Gasteiger partial charge in [-0.15, -0.1) is 36.7 Å².